The van der Waals surface area contributed by atoms with Crippen LogP contribution < -0.4 is 10.6 Å². The van der Waals surface area contributed by atoms with Crippen LogP contribution in [0.25, 0.3) is 11.3 Å². The quantitative estimate of drug-likeness (QED) is 0.0969. The summed E-state index contributed by atoms with van der Waals surface area (Å²) in [5.41, 5.74) is 1.77. The average molecular weight is 804 g/mol. The van der Waals surface area contributed by atoms with Crippen LogP contribution in [0.1, 0.15) is 74.5 Å². The number of nitrogens with zero attached hydrogens (tertiary/aromatic N) is 3. The Morgan fingerprint density at radius 2 is 1.70 bits per heavy atom. The maximum atomic E-state index is 14.5. The number of thiophene rings is 1. The molecule has 5 rings (SSSR count). The first-order valence-corrected chi connectivity index (χ1v) is 19.8. The van der Waals surface area contributed by atoms with Crippen molar-refractivity contribution in [3.8, 4) is 11.3 Å². The van der Waals surface area contributed by atoms with E-state index in [0.717, 1.165) is 10.4 Å². The van der Waals surface area contributed by atoms with Gasteiger partial charge in [0, 0.05) is 47.3 Å². The first-order chi connectivity index (χ1) is 27.2. The molecule has 2 aliphatic rings. The van der Waals surface area contributed by atoms with Crippen molar-refractivity contribution in [3.63, 3.8) is 0 Å². The van der Waals surface area contributed by atoms with Crippen LogP contribution in [0.15, 0.2) is 107 Å². The summed E-state index contributed by atoms with van der Waals surface area (Å²) in [6, 6.07) is 6.72. The van der Waals surface area contributed by atoms with E-state index in [2.05, 4.69) is 22.4 Å². The number of hydrogen-bond acceptors (Lipinski definition) is 7. The third kappa shape index (κ3) is 10.9. The highest BCUT2D eigenvalue weighted by atomic mass is 32.1. The van der Waals surface area contributed by atoms with Gasteiger partial charge < -0.3 is 25.0 Å². The third-order valence-corrected chi connectivity index (χ3v) is 10.8. The zero-order valence-corrected chi connectivity index (χ0v) is 33.5. The minimum atomic E-state index is -0.960. The Labute approximate surface area is 334 Å². The van der Waals surface area contributed by atoms with Crippen molar-refractivity contribution >= 4 is 35.0 Å². The fraction of sp³-hybridized carbons (Fsp3) is 0.372. The molecule has 4 heterocycles. The van der Waals surface area contributed by atoms with Gasteiger partial charge in [0.2, 0.25) is 23.5 Å². The number of piperazine rings is 2. The highest BCUT2D eigenvalue weighted by Gasteiger charge is 2.40. The molecule has 2 saturated heterocycles. The molecule has 0 bridgehead atoms. The van der Waals surface area contributed by atoms with Crippen LogP contribution >= 0.6 is 11.3 Å². The van der Waals surface area contributed by atoms with Gasteiger partial charge in [-0.15, -0.1) is 11.3 Å². The molecule has 2 aromatic heterocycles. The summed E-state index contributed by atoms with van der Waals surface area (Å²) in [7, 11) is 0. The van der Waals surface area contributed by atoms with Gasteiger partial charge in [0.1, 0.15) is 35.2 Å². The predicted molar refractivity (Wildman–Crippen MR) is 213 cm³/mol. The number of allylic oxidation sites excluding steroid dienone is 7. The molecule has 10 nitrogen and oxygen atoms in total. The lowest BCUT2D eigenvalue weighted by Gasteiger charge is -2.39. The van der Waals surface area contributed by atoms with Crippen molar-refractivity contribution in [1.29, 1.82) is 0 Å². The molecule has 2 N–H and O–H groups in total. The van der Waals surface area contributed by atoms with Gasteiger partial charge in [-0.05, 0) is 92.3 Å². The van der Waals surface area contributed by atoms with E-state index in [9.17, 15) is 32.3 Å². The molecule has 0 spiro atoms. The smallest absolute Gasteiger partial charge is 0.293 e. The van der Waals surface area contributed by atoms with E-state index in [1.807, 2.05) is 39.1 Å². The summed E-state index contributed by atoms with van der Waals surface area (Å²) in [6.07, 6.45) is 9.40. The van der Waals surface area contributed by atoms with Crippen molar-refractivity contribution in [3.05, 3.63) is 124 Å². The summed E-state index contributed by atoms with van der Waals surface area (Å²) in [5.74, 6) is -3.77. The van der Waals surface area contributed by atoms with E-state index in [-0.39, 0.29) is 48.1 Å². The maximum absolute atomic E-state index is 14.5. The van der Waals surface area contributed by atoms with E-state index in [1.54, 1.807) is 31.2 Å². The lowest BCUT2D eigenvalue weighted by molar-refractivity contribution is -0.141. The van der Waals surface area contributed by atoms with Crippen molar-refractivity contribution in [1.82, 2.24) is 25.6 Å². The largest absolute Gasteiger partial charge is 0.350 e. The summed E-state index contributed by atoms with van der Waals surface area (Å²) < 4.78 is 46.6. The highest BCUT2D eigenvalue weighted by molar-refractivity contribution is 7.10. The first-order valence-electron chi connectivity index (χ1n) is 18.9. The van der Waals surface area contributed by atoms with Crippen LogP contribution in [-0.4, -0.2) is 69.8 Å². The second-order valence-corrected chi connectivity index (χ2v) is 15.8. The number of benzene rings is 1. The van der Waals surface area contributed by atoms with Gasteiger partial charge in [-0.1, -0.05) is 50.7 Å². The number of aromatic nitrogens is 1. The minimum Gasteiger partial charge on any atom is -0.350 e. The fourth-order valence-corrected chi connectivity index (χ4v) is 8.16. The zero-order valence-electron chi connectivity index (χ0n) is 32.6. The second kappa shape index (κ2) is 19.1. The van der Waals surface area contributed by atoms with E-state index >= 15 is 0 Å². The fourth-order valence-electron chi connectivity index (χ4n) is 7.06. The van der Waals surface area contributed by atoms with Crippen LogP contribution in [-0.2, 0) is 20.8 Å². The monoisotopic (exact) mass is 803 g/mol. The molecule has 1 aromatic carbocycles. The van der Waals surface area contributed by atoms with Crippen molar-refractivity contribution < 1.29 is 36.9 Å². The molecule has 0 aliphatic carbocycles. The number of hydrogen-bond donors (Lipinski definition) is 2. The second-order valence-electron chi connectivity index (χ2n) is 14.8. The normalized spacial score (nSPS) is 21.4. The number of halogens is 3. The van der Waals surface area contributed by atoms with E-state index in [0.29, 0.717) is 36.6 Å². The Hall–Kier alpha value is -5.50. The number of rotatable bonds is 14. The van der Waals surface area contributed by atoms with Crippen molar-refractivity contribution in [2.24, 2.45) is 11.8 Å². The average Bonchev–Trinajstić information content (AvgIpc) is 3.84. The van der Waals surface area contributed by atoms with Crippen LogP contribution in [0, 0.1) is 17.7 Å². The molecule has 3 aromatic rings. The summed E-state index contributed by atoms with van der Waals surface area (Å²) in [6.45, 7) is 12.8. The number of nitrogens with one attached hydrogen (secondary N) is 2. The molecule has 5 unspecified atom stereocenters. The number of carbonyl (C=O) groups is 4. The number of amides is 4. The standard InChI is InChI=1S/C43H48F3N5O5S/c1-7-9-32-22-50(40(52)15-12-28(8-2)34(46)19-27(6)44)38(41(53)47-32)18-26(5)17-33-20-30(24-57-33)36-23-51(37(16-25(3)4)42(54)48-36)43(55)39-21-35(49-56-39)29-10-13-31(45)14-11-29/h7-15,19-21,24-26,32,36-38H,6,16-18,22-23H2,1-5H3,(H,47,53)(H,48,54). The third-order valence-electron chi connectivity index (χ3n) is 9.83. The molecular weight excluding hydrogens is 756 g/mol. The molecule has 2 aliphatic heterocycles. The molecule has 14 heteroatoms. The van der Waals surface area contributed by atoms with Gasteiger partial charge in [0.25, 0.3) is 5.91 Å². The van der Waals surface area contributed by atoms with Crippen LogP contribution in [0.5, 0.6) is 0 Å². The van der Waals surface area contributed by atoms with Gasteiger partial charge in [-0.25, -0.2) is 13.2 Å². The molecule has 2 fully saturated rings. The molecule has 0 saturated carbocycles. The van der Waals surface area contributed by atoms with E-state index in [4.69, 9.17) is 4.52 Å². The van der Waals surface area contributed by atoms with Crippen LogP contribution in [0.4, 0.5) is 13.2 Å². The molecule has 4 amide bonds. The molecule has 5 atom stereocenters. The summed E-state index contributed by atoms with van der Waals surface area (Å²) >= 11 is 1.50. The Morgan fingerprint density at radius 3 is 2.37 bits per heavy atom. The molecular formula is C43H48F3N5O5S. The summed E-state index contributed by atoms with van der Waals surface area (Å²) in [4.78, 5) is 58.4. The zero-order chi connectivity index (χ0) is 41.4. The van der Waals surface area contributed by atoms with Gasteiger partial charge in [0.15, 0.2) is 0 Å². The lowest BCUT2D eigenvalue weighted by atomic mass is 9.93. The van der Waals surface area contributed by atoms with Gasteiger partial charge in [-0.3, -0.25) is 19.2 Å². The van der Waals surface area contributed by atoms with Crippen molar-refractivity contribution in [2.45, 2.75) is 78.0 Å². The Balaban J connectivity index is 1.29. The first kappa shape index (κ1) is 42.6. The van der Waals surface area contributed by atoms with E-state index < -0.39 is 53.5 Å². The predicted octanol–water partition coefficient (Wildman–Crippen LogP) is 7.95. The van der Waals surface area contributed by atoms with E-state index in [1.165, 1.54) is 57.6 Å². The number of carbonyl (C=O) groups excluding carboxylic acids is 4. The Morgan fingerprint density at radius 1 is 1.00 bits per heavy atom. The molecule has 0 radical (unpaired) electrons. The highest BCUT2D eigenvalue weighted by Crippen LogP contribution is 2.31. The Kier molecular flexibility index (Phi) is 14.3. The maximum Gasteiger partial charge on any atom is 0.293 e. The summed E-state index contributed by atoms with van der Waals surface area (Å²) in [5, 5.41) is 12.0. The van der Waals surface area contributed by atoms with Crippen molar-refractivity contribution in [2.75, 3.05) is 13.1 Å². The molecule has 57 heavy (non-hydrogen) atoms. The van der Waals surface area contributed by atoms with Gasteiger partial charge in [0.05, 0.1) is 12.1 Å². The van der Waals surface area contributed by atoms with Gasteiger partial charge in [-0.2, -0.15) is 0 Å². The SMILES string of the molecule is C=C(F)C=C(F)C(C=CC(=O)N1CC(C=CC)NC(=O)C1CC(C)Cc1cc(C2CN(C(=O)c3cc(-c4ccc(F)cc4)no3)C(CC(C)C)C(=O)N2)cs1)=CC. The minimum absolute atomic E-state index is 0.00177. The Bertz CT molecular complexity index is 2080. The molecule has 302 valence electrons. The van der Waals surface area contributed by atoms with Crippen LogP contribution in [0.3, 0.4) is 0 Å². The lowest BCUT2D eigenvalue weighted by Crippen LogP contribution is -2.61. The van der Waals surface area contributed by atoms with Crippen LogP contribution in [0.2, 0.25) is 0 Å². The van der Waals surface area contributed by atoms with Gasteiger partial charge >= 0.3 is 0 Å². The topological polar surface area (TPSA) is 125 Å².